The van der Waals surface area contributed by atoms with Crippen LogP contribution in [0.25, 0.3) is 10.9 Å². The number of nitrogens with one attached hydrogen (secondary N) is 1. The van der Waals surface area contributed by atoms with E-state index in [0.29, 0.717) is 6.61 Å². The Morgan fingerprint density at radius 3 is 2.68 bits per heavy atom. The number of nitrogens with zero attached hydrogens (tertiary/aromatic N) is 1. The van der Waals surface area contributed by atoms with Crippen LogP contribution in [0.5, 0.6) is 5.75 Å². The van der Waals surface area contributed by atoms with Gasteiger partial charge in [0, 0.05) is 24.0 Å². The van der Waals surface area contributed by atoms with Gasteiger partial charge in [0.05, 0.1) is 22.1 Å². The summed E-state index contributed by atoms with van der Waals surface area (Å²) in [6.07, 6.45) is 5.51. The van der Waals surface area contributed by atoms with Crippen molar-refractivity contribution >= 4 is 34.1 Å². The van der Waals surface area contributed by atoms with Crippen LogP contribution in [-0.4, -0.2) is 24.3 Å². The van der Waals surface area contributed by atoms with Crippen molar-refractivity contribution in [1.82, 2.24) is 9.88 Å². The van der Waals surface area contributed by atoms with Gasteiger partial charge in [-0.1, -0.05) is 49.2 Å². The lowest BCUT2D eigenvalue weighted by molar-refractivity contribution is 0.291. The molecular weight excluding hydrogens is 427 g/mol. The Kier molecular flexibility index (Phi) is 5.70. The fraction of sp³-hybridized carbons (Fsp3) is 0.462. The zero-order valence-electron chi connectivity index (χ0n) is 18.4. The fourth-order valence-electron chi connectivity index (χ4n) is 5.56. The molecule has 0 bridgehead atoms. The normalized spacial score (nSPS) is 17.8. The highest BCUT2D eigenvalue weighted by Crippen LogP contribution is 2.41. The molecule has 0 unspecified atom stereocenters. The predicted molar refractivity (Wildman–Crippen MR) is 130 cm³/mol. The average Bonchev–Trinajstić information content (AvgIpc) is 2.89. The third kappa shape index (κ3) is 3.75. The molecule has 1 N–H and O–H groups in total. The van der Waals surface area contributed by atoms with Crippen LogP contribution in [0.15, 0.2) is 30.3 Å². The molecule has 0 radical (unpaired) electrons. The summed E-state index contributed by atoms with van der Waals surface area (Å²) in [5.41, 5.74) is 6.79. The van der Waals surface area contributed by atoms with Gasteiger partial charge < -0.3 is 14.6 Å². The lowest BCUT2D eigenvalue weighted by atomic mass is 9.72. The quantitative estimate of drug-likeness (QED) is 0.496. The third-order valence-corrected chi connectivity index (χ3v) is 7.70. The van der Waals surface area contributed by atoms with Crippen LogP contribution in [0.4, 0.5) is 0 Å². The van der Waals surface area contributed by atoms with Crippen LogP contribution < -0.4 is 10.1 Å². The SMILES string of the molecule is CC1(C)CCCc2c(OCCn3c4c(c5c(Cl)ccc(Cl)c53)CCNCC4)cccc21. The number of fused-ring (bicyclic) bond motifs is 4. The summed E-state index contributed by atoms with van der Waals surface area (Å²) < 4.78 is 8.75. The molecule has 5 rings (SSSR count). The smallest absolute Gasteiger partial charge is 0.122 e. The second-order valence-electron chi connectivity index (χ2n) is 9.45. The van der Waals surface area contributed by atoms with E-state index >= 15 is 0 Å². The Hall–Kier alpha value is -1.68. The van der Waals surface area contributed by atoms with E-state index in [0.717, 1.165) is 65.6 Å². The molecule has 2 aromatic carbocycles. The van der Waals surface area contributed by atoms with Gasteiger partial charge >= 0.3 is 0 Å². The van der Waals surface area contributed by atoms with E-state index in [1.807, 2.05) is 12.1 Å². The molecule has 1 aliphatic carbocycles. The lowest BCUT2D eigenvalue weighted by Gasteiger charge is -2.33. The molecule has 2 heterocycles. The van der Waals surface area contributed by atoms with Crippen molar-refractivity contribution in [2.24, 2.45) is 0 Å². The molecule has 2 aliphatic rings. The van der Waals surface area contributed by atoms with Crippen molar-refractivity contribution in [2.75, 3.05) is 19.7 Å². The van der Waals surface area contributed by atoms with Crippen LogP contribution in [-0.2, 0) is 31.2 Å². The first kappa shape index (κ1) is 21.2. The number of halogens is 2. The van der Waals surface area contributed by atoms with Gasteiger partial charge in [-0.3, -0.25) is 0 Å². The molecule has 1 aromatic heterocycles. The Morgan fingerprint density at radius 2 is 1.81 bits per heavy atom. The Labute approximate surface area is 194 Å². The molecule has 0 spiro atoms. The highest BCUT2D eigenvalue weighted by molar-refractivity contribution is 6.40. The molecule has 1 aliphatic heterocycles. The molecule has 3 nitrogen and oxygen atoms in total. The molecule has 3 aromatic rings. The van der Waals surface area contributed by atoms with E-state index in [9.17, 15) is 0 Å². The van der Waals surface area contributed by atoms with E-state index in [1.165, 1.54) is 35.2 Å². The number of ether oxygens (including phenoxy) is 1. The maximum absolute atomic E-state index is 6.68. The van der Waals surface area contributed by atoms with E-state index in [4.69, 9.17) is 27.9 Å². The molecular formula is C26H30Cl2N2O. The van der Waals surface area contributed by atoms with Crippen molar-refractivity contribution < 1.29 is 4.74 Å². The van der Waals surface area contributed by atoms with Gasteiger partial charge in [-0.05, 0) is 72.5 Å². The Morgan fingerprint density at radius 1 is 1.00 bits per heavy atom. The van der Waals surface area contributed by atoms with Crippen molar-refractivity contribution in [3.05, 3.63) is 62.8 Å². The molecule has 0 amide bonds. The third-order valence-electron chi connectivity index (χ3n) is 7.08. The molecule has 31 heavy (non-hydrogen) atoms. The fourth-order valence-corrected chi connectivity index (χ4v) is 6.09. The van der Waals surface area contributed by atoms with Crippen molar-refractivity contribution in [1.29, 1.82) is 0 Å². The average molecular weight is 457 g/mol. The van der Waals surface area contributed by atoms with Crippen LogP contribution in [0.3, 0.4) is 0 Å². The maximum Gasteiger partial charge on any atom is 0.122 e. The minimum absolute atomic E-state index is 0.220. The summed E-state index contributed by atoms with van der Waals surface area (Å²) >= 11 is 13.3. The van der Waals surface area contributed by atoms with E-state index in [2.05, 4.69) is 41.9 Å². The highest BCUT2D eigenvalue weighted by Gasteiger charge is 2.29. The summed E-state index contributed by atoms with van der Waals surface area (Å²) in [4.78, 5) is 0. The van der Waals surface area contributed by atoms with Gasteiger partial charge in [0.15, 0.2) is 0 Å². The molecule has 0 saturated carbocycles. The van der Waals surface area contributed by atoms with E-state index < -0.39 is 0 Å². The number of rotatable bonds is 4. The minimum atomic E-state index is 0.220. The number of aromatic nitrogens is 1. The Bertz CT molecular complexity index is 1130. The van der Waals surface area contributed by atoms with Gasteiger partial charge in [0.2, 0.25) is 0 Å². The first-order valence-electron chi connectivity index (χ1n) is 11.4. The number of benzene rings is 2. The summed E-state index contributed by atoms with van der Waals surface area (Å²) in [7, 11) is 0. The van der Waals surface area contributed by atoms with Crippen molar-refractivity contribution in [2.45, 2.75) is 57.9 Å². The summed E-state index contributed by atoms with van der Waals surface area (Å²) in [6.45, 7) is 8.01. The van der Waals surface area contributed by atoms with Crippen LogP contribution in [0, 0.1) is 0 Å². The highest BCUT2D eigenvalue weighted by atomic mass is 35.5. The first-order valence-corrected chi connectivity index (χ1v) is 12.2. The lowest BCUT2D eigenvalue weighted by Crippen LogP contribution is -2.24. The molecule has 0 fully saturated rings. The second kappa shape index (κ2) is 8.35. The number of hydrogen-bond donors (Lipinski definition) is 1. The van der Waals surface area contributed by atoms with Gasteiger partial charge in [0.25, 0.3) is 0 Å². The topological polar surface area (TPSA) is 26.2 Å². The van der Waals surface area contributed by atoms with E-state index in [1.54, 1.807) is 0 Å². The van der Waals surface area contributed by atoms with Gasteiger partial charge in [-0.25, -0.2) is 0 Å². The minimum Gasteiger partial charge on any atom is -0.491 e. The molecule has 0 atom stereocenters. The van der Waals surface area contributed by atoms with Gasteiger partial charge in [-0.2, -0.15) is 0 Å². The summed E-state index contributed by atoms with van der Waals surface area (Å²) in [6, 6.07) is 10.4. The van der Waals surface area contributed by atoms with Crippen molar-refractivity contribution in [3.63, 3.8) is 0 Å². The summed E-state index contributed by atoms with van der Waals surface area (Å²) in [5, 5.41) is 6.18. The molecule has 0 saturated heterocycles. The Balaban J connectivity index is 1.47. The van der Waals surface area contributed by atoms with Crippen LogP contribution in [0.1, 0.15) is 49.1 Å². The standard InChI is InChI=1S/C26H30Cl2N2O/c1-26(2)12-4-5-17-19(26)6-3-7-23(17)31-16-15-30-22-11-14-29-13-10-18(22)24-20(27)8-9-21(28)25(24)30/h3,6-9,29H,4-5,10-16H2,1-2H3. The van der Waals surface area contributed by atoms with Crippen molar-refractivity contribution in [3.8, 4) is 5.75 Å². The monoisotopic (exact) mass is 456 g/mol. The largest absolute Gasteiger partial charge is 0.491 e. The maximum atomic E-state index is 6.68. The summed E-state index contributed by atoms with van der Waals surface area (Å²) in [5.74, 6) is 1.04. The molecule has 164 valence electrons. The zero-order valence-corrected chi connectivity index (χ0v) is 19.9. The van der Waals surface area contributed by atoms with Crippen LogP contribution in [0.2, 0.25) is 10.0 Å². The van der Waals surface area contributed by atoms with Gasteiger partial charge in [0.1, 0.15) is 12.4 Å². The number of hydrogen-bond acceptors (Lipinski definition) is 2. The first-order chi connectivity index (χ1) is 15.0. The van der Waals surface area contributed by atoms with E-state index in [-0.39, 0.29) is 5.41 Å². The zero-order chi connectivity index (χ0) is 21.6. The van der Waals surface area contributed by atoms with Gasteiger partial charge in [-0.15, -0.1) is 0 Å². The molecule has 5 heteroatoms. The predicted octanol–water partition coefficient (Wildman–Crippen LogP) is 6.33. The van der Waals surface area contributed by atoms with Crippen LogP contribution >= 0.6 is 23.2 Å². The second-order valence-corrected chi connectivity index (χ2v) is 10.3.